The van der Waals surface area contributed by atoms with E-state index >= 15 is 0 Å². The Morgan fingerprint density at radius 3 is 2.73 bits per heavy atom. The van der Waals surface area contributed by atoms with Crippen LogP contribution < -0.4 is 10.6 Å². The lowest BCUT2D eigenvalue weighted by Gasteiger charge is -2.22. The van der Waals surface area contributed by atoms with Gasteiger partial charge in [-0.2, -0.15) is 19.5 Å². The molecule has 1 aliphatic heterocycles. The number of fused-ring (bicyclic) bond motifs is 2. The number of furan rings is 1. The van der Waals surface area contributed by atoms with Crippen molar-refractivity contribution >= 4 is 28.6 Å². The van der Waals surface area contributed by atoms with E-state index in [9.17, 15) is 0 Å². The molecule has 2 N–H and O–H groups in total. The summed E-state index contributed by atoms with van der Waals surface area (Å²) >= 11 is 0. The number of para-hydroxylation sites is 1. The molecule has 0 amide bonds. The topological polar surface area (TPSA) is 114 Å². The summed E-state index contributed by atoms with van der Waals surface area (Å²) < 4.78 is 6.83. The summed E-state index contributed by atoms with van der Waals surface area (Å²) in [6, 6.07) is 16.1. The molecular weight excluding hydrogens is 418 g/mol. The molecule has 10 nitrogen and oxygen atoms in total. The van der Waals surface area contributed by atoms with Crippen LogP contribution in [-0.2, 0) is 6.54 Å². The van der Waals surface area contributed by atoms with Crippen molar-refractivity contribution in [3.05, 3.63) is 60.5 Å². The van der Waals surface area contributed by atoms with E-state index in [0.29, 0.717) is 23.3 Å². The van der Waals surface area contributed by atoms with Gasteiger partial charge in [0, 0.05) is 38.1 Å². The van der Waals surface area contributed by atoms with Crippen LogP contribution in [0.2, 0.25) is 0 Å². The van der Waals surface area contributed by atoms with Crippen molar-refractivity contribution in [2.75, 3.05) is 36.8 Å². The number of anilines is 2. The minimum atomic E-state index is 0.252. The third-order valence-corrected chi connectivity index (χ3v) is 5.88. The summed E-state index contributed by atoms with van der Waals surface area (Å²) in [6.07, 6.45) is 2.57. The minimum absolute atomic E-state index is 0.252. The van der Waals surface area contributed by atoms with Gasteiger partial charge in [-0.25, -0.2) is 0 Å². The third-order valence-electron chi connectivity index (χ3n) is 5.88. The number of hydrogen-bond acceptors (Lipinski definition) is 9. The summed E-state index contributed by atoms with van der Waals surface area (Å²) in [4.78, 5) is 23.0. The van der Waals surface area contributed by atoms with Gasteiger partial charge in [0.2, 0.25) is 17.7 Å². The quantitative estimate of drug-likeness (QED) is 0.449. The zero-order valence-corrected chi connectivity index (χ0v) is 18.0. The second kappa shape index (κ2) is 8.14. The van der Waals surface area contributed by atoms with Crippen molar-refractivity contribution in [2.24, 2.45) is 0 Å². The van der Waals surface area contributed by atoms with Crippen molar-refractivity contribution in [3.8, 4) is 11.6 Å². The highest BCUT2D eigenvalue weighted by Gasteiger charge is 2.20. The Hall–Kier alpha value is -4.05. The number of nitrogens with zero attached hydrogens (tertiary/aromatic N) is 8. The zero-order valence-electron chi connectivity index (χ0n) is 18.0. The molecule has 1 aromatic carbocycles. The maximum Gasteiger partial charge on any atom is 0.259 e. The van der Waals surface area contributed by atoms with Crippen LogP contribution in [0.1, 0.15) is 12.1 Å². The van der Waals surface area contributed by atoms with Crippen LogP contribution >= 0.6 is 0 Å². The molecule has 1 saturated heterocycles. The lowest BCUT2D eigenvalue weighted by atomic mass is 10.2. The molecule has 166 valence electrons. The van der Waals surface area contributed by atoms with E-state index < -0.39 is 0 Å². The molecule has 0 aliphatic carbocycles. The molecule has 0 unspecified atom stereocenters. The summed E-state index contributed by atoms with van der Waals surface area (Å²) in [7, 11) is 0. The lowest BCUT2D eigenvalue weighted by molar-refractivity contribution is 0.282. The smallest absolute Gasteiger partial charge is 0.259 e. The number of hydrogen-bond donors (Lipinski definition) is 1. The fourth-order valence-electron chi connectivity index (χ4n) is 4.20. The maximum atomic E-state index is 6.18. The first kappa shape index (κ1) is 19.6. The molecule has 4 aromatic heterocycles. The summed E-state index contributed by atoms with van der Waals surface area (Å²) in [5.41, 5.74) is 8.29. The average Bonchev–Trinajstić information content (AvgIpc) is 3.46. The van der Waals surface area contributed by atoms with E-state index in [0.717, 1.165) is 55.7 Å². The Morgan fingerprint density at radius 2 is 1.82 bits per heavy atom. The molecule has 0 saturated carbocycles. The summed E-state index contributed by atoms with van der Waals surface area (Å²) in [5.74, 6) is 2.23. The molecule has 33 heavy (non-hydrogen) atoms. The van der Waals surface area contributed by atoms with Crippen LogP contribution in [0.25, 0.3) is 28.3 Å². The van der Waals surface area contributed by atoms with Gasteiger partial charge in [0.25, 0.3) is 5.78 Å². The fourth-order valence-corrected chi connectivity index (χ4v) is 4.20. The SMILES string of the molecule is Nc1nc(N2CCCN(Cc3ccc4ccccc4n3)CC2)nc2nc(-c3ccco3)nn12. The number of nitrogen functional groups attached to an aromatic ring is 1. The van der Waals surface area contributed by atoms with Crippen molar-refractivity contribution in [2.45, 2.75) is 13.0 Å². The van der Waals surface area contributed by atoms with Gasteiger partial charge in [-0.1, -0.05) is 24.3 Å². The summed E-state index contributed by atoms with van der Waals surface area (Å²) in [6.45, 7) is 4.32. The van der Waals surface area contributed by atoms with Crippen LogP contribution in [0.3, 0.4) is 0 Å². The molecule has 1 fully saturated rings. The number of nitrogens with two attached hydrogens (primary N) is 1. The van der Waals surface area contributed by atoms with E-state index in [2.05, 4.69) is 54.1 Å². The Morgan fingerprint density at radius 1 is 0.879 bits per heavy atom. The fraction of sp³-hybridized carbons (Fsp3) is 0.261. The maximum absolute atomic E-state index is 6.18. The zero-order chi connectivity index (χ0) is 22.2. The Balaban J connectivity index is 1.19. The van der Waals surface area contributed by atoms with Gasteiger partial charge in [-0.05, 0) is 30.7 Å². The van der Waals surface area contributed by atoms with Crippen LogP contribution in [0.15, 0.2) is 59.2 Å². The van der Waals surface area contributed by atoms with Gasteiger partial charge in [-0.3, -0.25) is 9.88 Å². The van der Waals surface area contributed by atoms with Gasteiger partial charge in [0.15, 0.2) is 5.76 Å². The Bertz CT molecular complexity index is 1410. The highest BCUT2D eigenvalue weighted by molar-refractivity contribution is 5.78. The van der Waals surface area contributed by atoms with Gasteiger partial charge in [0.05, 0.1) is 17.5 Å². The molecule has 0 atom stereocenters. The number of aromatic nitrogens is 6. The standard InChI is InChI=1S/C23H23N9O/c24-21-27-22(28-23-26-20(29-32(21)23)19-7-3-14-33-19)31-11-4-10-30(12-13-31)15-17-9-8-16-5-1-2-6-18(16)25-17/h1-3,5-9,14H,4,10-13,15H2,(H2,24,26,27,28,29). The Kier molecular flexibility index (Phi) is 4.84. The second-order valence-corrected chi connectivity index (χ2v) is 8.12. The Labute approximate surface area is 189 Å². The largest absolute Gasteiger partial charge is 0.461 e. The van der Waals surface area contributed by atoms with Crippen molar-refractivity contribution < 1.29 is 4.42 Å². The number of rotatable bonds is 4. The first-order valence-corrected chi connectivity index (χ1v) is 11.0. The van der Waals surface area contributed by atoms with E-state index in [1.807, 2.05) is 12.1 Å². The van der Waals surface area contributed by atoms with Crippen molar-refractivity contribution in [1.29, 1.82) is 0 Å². The normalized spacial score (nSPS) is 15.3. The molecule has 0 radical (unpaired) electrons. The van der Waals surface area contributed by atoms with Gasteiger partial charge in [-0.15, -0.1) is 5.10 Å². The molecule has 6 rings (SSSR count). The minimum Gasteiger partial charge on any atom is -0.461 e. The van der Waals surface area contributed by atoms with E-state index in [4.69, 9.17) is 15.1 Å². The molecule has 10 heteroatoms. The van der Waals surface area contributed by atoms with Crippen LogP contribution in [0.4, 0.5) is 11.9 Å². The third kappa shape index (κ3) is 3.85. The molecule has 0 spiro atoms. The van der Waals surface area contributed by atoms with Gasteiger partial charge < -0.3 is 15.1 Å². The first-order chi connectivity index (χ1) is 16.2. The van der Waals surface area contributed by atoms with E-state index in [1.54, 1.807) is 18.4 Å². The predicted molar refractivity (Wildman–Crippen MR) is 125 cm³/mol. The monoisotopic (exact) mass is 441 g/mol. The van der Waals surface area contributed by atoms with Crippen LogP contribution in [0.5, 0.6) is 0 Å². The van der Waals surface area contributed by atoms with Crippen molar-refractivity contribution in [3.63, 3.8) is 0 Å². The highest BCUT2D eigenvalue weighted by Crippen LogP contribution is 2.20. The van der Waals surface area contributed by atoms with E-state index in [-0.39, 0.29) is 5.95 Å². The van der Waals surface area contributed by atoms with Gasteiger partial charge in [0.1, 0.15) is 0 Å². The number of benzene rings is 1. The predicted octanol–water partition coefficient (Wildman–Crippen LogP) is 2.62. The molecule has 1 aliphatic rings. The molecular formula is C23H23N9O. The average molecular weight is 441 g/mol. The van der Waals surface area contributed by atoms with Crippen LogP contribution in [-0.4, -0.2) is 60.6 Å². The molecule has 5 aromatic rings. The van der Waals surface area contributed by atoms with E-state index in [1.165, 1.54) is 4.52 Å². The van der Waals surface area contributed by atoms with Crippen LogP contribution in [0, 0.1) is 0 Å². The number of pyridine rings is 1. The second-order valence-electron chi connectivity index (χ2n) is 8.12. The van der Waals surface area contributed by atoms with Crippen molar-refractivity contribution in [1.82, 2.24) is 34.4 Å². The van der Waals surface area contributed by atoms with Gasteiger partial charge >= 0.3 is 0 Å². The molecule has 0 bridgehead atoms. The lowest BCUT2D eigenvalue weighted by Crippen LogP contribution is -2.32. The summed E-state index contributed by atoms with van der Waals surface area (Å²) in [5, 5.41) is 5.53. The molecule has 5 heterocycles. The highest BCUT2D eigenvalue weighted by atomic mass is 16.3. The first-order valence-electron chi connectivity index (χ1n) is 11.0.